The number of hydrogen-bond acceptors (Lipinski definition) is 4. The van der Waals surface area contributed by atoms with E-state index in [0.717, 1.165) is 24.0 Å². The molecule has 2 saturated carbocycles. The molecule has 0 aromatic carbocycles. The molecule has 2 fully saturated rings. The van der Waals surface area contributed by atoms with Crippen LogP contribution in [0.4, 0.5) is 5.82 Å². The van der Waals surface area contributed by atoms with E-state index in [9.17, 15) is 0 Å². The first kappa shape index (κ1) is 11.9. The zero-order chi connectivity index (χ0) is 12.7. The van der Waals surface area contributed by atoms with E-state index in [1.165, 1.54) is 36.8 Å². The summed E-state index contributed by atoms with van der Waals surface area (Å²) in [6.07, 6.45) is 5.34. The zero-order valence-electron chi connectivity index (χ0n) is 11.3. The molecular formula is C14H22N4. The molecule has 1 heterocycles. The molecular weight excluding hydrogens is 224 g/mol. The highest BCUT2D eigenvalue weighted by molar-refractivity contribution is 5.52. The van der Waals surface area contributed by atoms with E-state index in [0.29, 0.717) is 12.6 Å². The minimum Gasteiger partial charge on any atom is -0.352 e. The molecule has 0 bridgehead atoms. The van der Waals surface area contributed by atoms with E-state index >= 15 is 0 Å². The van der Waals surface area contributed by atoms with E-state index in [1.807, 2.05) is 6.92 Å². The summed E-state index contributed by atoms with van der Waals surface area (Å²) in [5.74, 6) is 1.93. The van der Waals surface area contributed by atoms with Gasteiger partial charge in [0.25, 0.3) is 0 Å². The van der Waals surface area contributed by atoms with Crippen LogP contribution in [-0.2, 0) is 6.54 Å². The van der Waals surface area contributed by atoms with Crippen LogP contribution in [0.25, 0.3) is 0 Å². The van der Waals surface area contributed by atoms with Crippen molar-refractivity contribution in [3.63, 3.8) is 0 Å². The first-order chi connectivity index (χ1) is 8.70. The van der Waals surface area contributed by atoms with Crippen molar-refractivity contribution in [2.24, 2.45) is 11.7 Å². The van der Waals surface area contributed by atoms with Gasteiger partial charge in [0, 0.05) is 24.7 Å². The van der Waals surface area contributed by atoms with Gasteiger partial charge in [-0.1, -0.05) is 0 Å². The number of aromatic nitrogens is 2. The zero-order valence-corrected chi connectivity index (χ0v) is 11.3. The Hall–Kier alpha value is -1.16. The van der Waals surface area contributed by atoms with E-state index in [-0.39, 0.29) is 0 Å². The Kier molecular flexibility index (Phi) is 2.98. The SMILES string of the molecule is Cc1nnc(N(CC2CC2)C2CC2)c(CN)c1C. The van der Waals surface area contributed by atoms with Gasteiger partial charge in [0.05, 0.1) is 5.69 Å². The van der Waals surface area contributed by atoms with Crippen molar-refractivity contribution in [2.45, 2.75) is 52.1 Å². The fraction of sp³-hybridized carbons (Fsp3) is 0.714. The maximum Gasteiger partial charge on any atom is 0.156 e. The van der Waals surface area contributed by atoms with Crippen molar-refractivity contribution in [2.75, 3.05) is 11.4 Å². The van der Waals surface area contributed by atoms with Gasteiger partial charge >= 0.3 is 0 Å². The van der Waals surface area contributed by atoms with Crippen molar-refractivity contribution in [1.29, 1.82) is 0 Å². The molecule has 0 amide bonds. The molecule has 18 heavy (non-hydrogen) atoms. The number of aryl methyl sites for hydroxylation is 1. The second-order valence-corrected chi connectivity index (χ2v) is 5.74. The number of rotatable bonds is 5. The second-order valence-electron chi connectivity index (χ2n) is 5.74. The average molecular weight is 246 g/mol. The Morgan fingerprint density at radius 2 is 1.89 bits per heavy atom. The summed E-state index contributed by atoms with van der Waals surface area (Å²) in [5, 5.41) is 8.75. The quantitative estimate of drug-likeness (QED) is 0.862. The topological polar surface area (TPSA) is 55.0 Å². The van der Waals surface area contributed by atoms with Gasteiger partial charge in [-0.25, -0.2) is 0 Å². The van der Waals surface area contributed by atoms with E-state index in [2.05, 4.69) is 22.0 Å². The van der Waals surface area contributed by atoms with Crippen molar-refractivity contribution in [3.05, 3.63) is 16.8 Å². The van der Waals surface area contributed by atoms with Gasteiger partial charge in [-0.15, -0.1) is 5.10 Å². The van der Waals surface area contributed by atoms with Gasteiger partial charge < -0.3 is 10.6 Å². The van der Waals surface area contributed by atoms with Crippen LogP contribution in [0, 0.1) is 19.8 Å². The van der Waals surface area contributed by atoms with Crippen LogP contribution in [-0.4, -0.2) is 22.8 Å². The van der Waals surface area contributed by atoms with Crippen LogP contribution >= 0.6 is 0 Å². The summed E-state index contributed by atoms with van der Waals surface area (Å²) < 4.78 is 0. The molecule has 0 saturated heterocycles. The van der Waals surface area contributed by atoms with Crippen LogP contribution in [0.2, 0.25) is 0 Å². The summed E-state index contributed by atoms with van der Waals surface area (Å²) in [7, 11) is 0. The molecule has 1 aromatic heterocycles. The molecule has 2 N–H and O–H groups in total. The molecule has 3 rings (SSSR count). The molecule has 0 aliphatic heterocycles. The van der Waals surface area contributed by atoms with Gasteiger partial charge in [-0.05, 0) is 51.0 Å². The highest BCUT2D eigenvalue weighted by Gasteiger charge is 2.35. The summed E-state index contributed by atoms with van der Waals surface area (Å²) in [5.41, 5.74) is 9.33. The first-order valence-electron chi connectivity index (χ1n) is 7.00. The van der Waals surface area contributed by atoms with Gasteiger partial charge in [-0.2, -0.15) is 5.10 Å². The van der Waals surface area contributed by atoms with E-state index in [1.54, 1.807) is 0 Å². The smallest absolute Gasteiger partial charge is 0.156 e. The van der Waals surface area contributed by atoms with Crippen LogP contribution < -0.4 is 10.6 Å². The lowest BCUT2D eigenvalue weighted by molar-refractivity contribution is 0.692. The van der Waals surface area contributed by atoms with Crippen LogP contribution in [0.1, 0.15) is 42.5 Å². The average Bonchev–Trinajstić information content (AvgIpc) is 3.23. The molecule has 98 valence electrons. The normalized spacial score (nSPS) is 19.1. The van der Waals surface area contributed by atoms with Crippen LogP contribution in [0.3, 0.4) is 0 Å². The molecule has 2 aliphatic carbocycles. The Balaban J connectivity index is 1.94. The highest BCUT2D eigenvalue weighted by Crippen LogP contribution is 2.38. The Labute approximate surface area is 109 Å². The summed E-state index contributed by atoms with van der Waals surface area (Å²) in [4.78, 5) is 2.47. The van der Waals surface area contributed by atoms with Gasteiger partial charge in [0.2, 0.25) is 0 Å². The van der Waals surface area contributed by atoms with Crippen molar-refractivity contribution < 1.29 is 0 Å². The monoisotopic (exact) mass is 246 g/mol. The summed E-state index contributed by atoms with van der Waals surface area (Å²) in [6, 6.07) is 0.687. The lowest BCUT2D eigenvalue weighted by Crippen LogP contribution is -2.31. The van der Waals surface area contributed by atoms with Gasteiger partial charge in [0.1, 0.15) is 0 Å². The molecule has 0 spiro atoms. The standard InChI is InChI=1S/C14H22N4/c1-9-10(2)16-17-14(13(9)7-15)18(12-5-6-12)8-11-3-4-11/h11-12H,3-8,15H2,1-2H3. The van der Waals surface area contributed by atoms with E-state index in [4.69, 9.17) is 5.73 Å². The number of nitrogens with zero attached hydrogens (tertiary/aromatic N) is 3. The van der Waals surface area contributed by atoms with Crippen LogP contribution in [0.5, 0.6) is 0 Å². The maximum absolute atomic E-state index is 5.93. The number of hydrogen-bond donors (Lipinski definition) is 1. The lowest BCUT2D eigenvalue weighted by atomic mass is 10.1. The third kappa shape index (κ3) is 2.21. The Morgan fingerprint density at radius 3 is 2.44 bits per heavy atom. The highest BCUT2D eigenvalue weighted by atomic mass is 15.3. The maximum atomic E-state index is 5.93. The Morgan fingerprint density at radius 1 is 1.17 bits per heavy atom. The molecule has 2 aliphatic rings. The minimum atomic E-state index is 0.561. The molecule has 1 aromatic rings. The van der Waals surface area contributed by atoms with Gasteiger partial charge in [0.15, 0.2) is 5.82 Å². The first-order valence-corrected chi connectivity index (χ1v) is 7.00. The Bertz CT molecular complexity index is 449. The fourth-order valence-corrected chi connectivity index (χ4v) is 2.49. The van der Waals surface area contributed by atoms with Crippen molar-refractivity contribution >= 4 is 5.82 Å². The summed E-state index contributed by atoms with van der Waals surface area (Å²) >= 11 is 0. The van der Waals surface area contributed by atoms with Gasteiger partial charge in [-0.3, -0.25) is 0 Å². The molecule has 0 atom stereocenters. The predicted molar refractivity (Wildman–Crippen MR) is 72.5 cm³/mol. The van der Waals surface area contributed by atoms with Crippen molar-refractivity contribution in [1.82, 2.24) is 10.2 Å². The third-order valence-electron chi connectivity index (χ3n) is 4.18. The van der Waals surface area contributed by atoms with Crippen LogP contribution in [0.15, 0.2) is 0 Å². The molecule has 0 unspecified atom stereocenters. The third-order valence-corrected chi connectivity index (χ3v) is 4.18. The predicted octanol–water partition coefficient (Wildman–Crippen LogP) is 1.93. The second kappa shape index (κ2) is 4.50. The van der Waals surface area contributed by atoms with E-state index < -0.39 is 0 Å². The summed E-state index contributed by atoms with van der Waals surface area (Å²) in [6.45, 7) is 5.83. The lowest BCUT2D eigenvalue weighted by Gasteiger charge is -2.26. The minimum absolute atomic E-state index is 0.561. The molecule has 4 heteroatoms. The molecule has 4 nitrogen and oxygen atoms in total. The largest absolute Gasteiger partial charge is 0.352 e. The number of anilines is 1. The number of nitrogens with two attached hydrogens (primary N) is 1. The fourth-order valence-electron chi connectivity index (χ4n) is 2.49. The van der Waals surface area contributed by atoms with Crippen molar-refractivity contribution in [3.8, 4) is 0 Å². The molecule has 0 radical (unpaired) electrons.